The Balaban J connectivity index is 1.64. The average Bonchev–Trinajstić information content (AvgIpc) is 3.11. The van der Waals surface area contributed by atoms with Crippen molar-refractivity contribution < 1.29 is 9.21 Å². The van der Waals surface area contributed by atoms with E-state index in [4.69, 9.17) is 4.42 Å². The Hall–Kier alpha value is -2.41. The number of H-pyrrole nitrogens is 1. The monoisotopic (exact) mass is 345 g/mol. The second-order valence-corrected chi connectivity index (χ2v) is 6.99. The maximum absolute atomic E-state index is 11.6. The maximum atomic E-state index is 11.6. The zero-order valence-electron chi connectivity index (χ0n) is 13.6. The predicted octanol–water partition coefficient (Wildman–Crippen LogP) is 2.95. The minimum atomic E-state index is -0.460. The normalized spacial score (nSPS) is 11.3. The number of thiazole rings is 1. The van der Waals surface area contributed by atoms with Crippen LogP contribution in [0.3, 0.4) is 0 Å². The van der Waals surface area contributed by atoms with E-state index in [-0.39, 0.29) is 5.91 Å². The zero-order chi connectivity index (χ0) is 17.1. The Morgan fingerprint density at radius 2 is 2.25 bits per heavy atom. The van der Waals surface area contributed by atoms with Crippen LogP contribution in [0.5, 0.6) is 0 Å². The highest BCUT2D eigenvalue weighted by molar-refractivity contribution is 7.09. The zero-order valence-corrected chi connectivity index (χ0v) is 14.4. The molecule has 0 saturated heterocycles. The second-order valence-electron chi connectivity index (χ2n) is 6.05. The fraction of sp³-hybridized carbons (Fsp3) is 0.353. The summed E-state index contributed by atoms with van der Waals surface area (Å²) < 4.78 is 5.08. The van der Waals surface area contributed by atoms with E-state index in [9.17, 15) is 9.59 Å². The maximum Gasteiger partial charge on any atom is 0.417 e. The number of rotatable bonds is 6. The number of hydrogen-bond acceptors (Lipinski definition) is 5. The lowest BCUT2D eigenvalue weighted by molar-refractivity contribution is -0.121. The lowest BCUT2D eigenvalue weighted by Gasteiger charge is -2.05. The minimum absolute atomic E-state index is 0.0784. The molecule has 2 heterocycles. The van der Waals surface area contributed by atoms with Crippen LogP contribution >= 0.6 is 11.3 Å². The number of nitrogens with one attached hydrogen (secondary N) is 2. The molecule has 0 bridgehead atoms. The molecule has 7 heteroatoms. The van der Waals surface area contributed by atoms with Crippen molar-refractivity contribution in [1.29, 1.82) is 0 Å². The summed E-state index contributed by atoms with van der Waals surface area (Å²) in [6.07, 6.45) is 1.25. The summed E-state index contributed by atoms with van der Waals surface area (Å²) in [4.78, 5) is 30.0. The Kier molecular flexibility index (Phi) is 4.80. The van der Waals surface area contributed by atoms with E-state index in [0.717, 1.165) is 16.3 Å². The summed E-state index contributed by atoms with van der Waals surface area (Å²) in [5, 5.41) is 5.85. The average molecular weight is 345 g/mol. The number of amides is 1. The second kappa shape index (κ2) is 7.00. The van der Waals surface area contributed by atoms with Gasteiger partial charge in [0.15, 0.2) is 5.58 Å². The molecule has 1 aromatic carbocycles. The van der Waals surface area contributed by atoms with Crippen LogP contribution in [0.2, 0.25) is 0 Å². The van der Waals surface area contributed by atoms with Crippen LogP contribution in [-0.2, 0) is 11.2 Å². The molecular formula is C17H19N3O3S. The molecule has 2 N–H and O–H groups in total. The Labute approximate surface area is 142 Å². The number of fused-ring (bicyclic) bond motifs is 1. The summed E-state index contributed by atoms with van der Waals surface area (Å²) in [7, 11) is 0. The molecule has 126 valence electrons. The lowest BCUT2D eigenvalue weighted by atomic mass is 10.1. The fourth-order valence-electron chi connectivity index (χ4n) is 2.41. The molecule has 0 aliphatic carbocycles. The number of carbonyl (C=O) groups is 1. The molecule has 3 aromatic rings. The summed E-state index contributed by atoms with van der Waals surface area (Å²) in [5.74, 6) is -0.0205. The van der Waals surface area contributed by atoms with Crippen molar-refractivity contribution in [2.45, 2.75) is 26.7 Å². The third-order valence-electron chi connectivity index (χ3n) is 3.52. The van der Waals surface area contributed by atoms with Crippen molar-refractivity contribution in [3.8, 4) is 11.3 Å². The molecule has 0 atom stereocenters. The Morgan fingerprint density at radius 3 is 3.04 bits per heavy atom. The van der Waals surface area contributed by atoms with Crippen LogP contribution in [0.25, 0.3) is 22.4 Å². The first-order chi connectivity index (χ1) is 11.5. The molecule has 0 aliphatic rings. The molecule has 0 spiro atoms. The van der Waals surface area contributed by atoms with Crippen molar-refractivity contribution in [3.63, 3.8) is 0 Å². The van der Waals surface area contributed by atoms with Crippen LogP contribution in [0, 0.1) is 5.92 Å². The lowest BCUT2D eigenvalue weighted by Crippen LogP contribution is -2.26. The minimum Gasteiger partial charge on any atom is -0.408 e. The van der Waals surface area contributed by atoms with Gasteiger partial charge in [0, 0.05) is 30.3 Å². The van der Waals surface area contributed by atoms with Gasteiger partial charge in [0.1, 0.15) is 0 Å². The number of aromatic amines is 1. The summed E-state index contributed by atoms with van der Waals surface area (Å²) >= 11 is 1.56. The van der Waals surface area contributed by atoms with Crippen molar-refractivity contribution in [2.24, 2.45) is 5.92 Å². The van der Waals surface area contributed by atoms with Gasteiger partial charge in [0.05, 0.1) is 16.2 Å². The van der Waals surface area contributed by atoms with Gasteiger partial charge >= 0.3 is 5.76 Å². The molecule has 0 aliphatic heterocycles. The Bertz CT molecular complexity index is 907. The predicted molar refractivity (Wildman–Crippen MR) is 94.1 cm³/mol. The van der Waals surface area contributed by atoms with Crippen LogP contribution in [0.1, 0.15) is 25.3 Å². The van der Waals surface area contributed by atoms with Crippen molar-refractivity contribution in [1.82, 2.24) is 15.3 Å². The highest BCUT2D eigenvalue weighted by Crippen LogP contribution is 2.25. The first kappa shape index (κ1) is 16.4. The largest absolute Gasteiger partial charge is 0.417 e. The number of oxazole rings is 1. The molecule has 6 nitrogen and oxygen atoms in total. The summed E-state index contributed by atoms with van der Waals surface area (Å²) in [6, 6.07) is 5.51. The highest BCUT2D eigenvalue weighted by Gasteiger charge is 2.09. The van der Waals surface area contributed by atoms with Crippen molar-refractivity contribution in [3.05, 3.63) is 39.1 Å². The van der Waals surface area contributed by atoms with Crippen molar-refractivity contribution >= 4 is 28.3 Å². The first-order valence-corrected chi connectivity index (χ1v) is 8.73. The quantitative estimate of drug-likeness (QED) is 0.719. The smallest absolute Gasteiger partial charge is 0.408 e. The Morgan fingerprint density at radius 1 is 1.42 bits per heavy atom. The molecule has 0 unspecified atom stereocenters. The highest BCUT2D eigenvalue weighted by atomic mass is 32.1. The third-order valence-corrected chi connectivity index (χ3v) is 4.43. The van der Waals surface area contributed by atoms with E-state index < -0.39 is 5.76 Å². The van der Waals surface area contributed by atoms with Gasteiger partial charge in [-0.05, 0) is 18.1 Å². The topological polar surface area (TPSA) is 88.0 Å². The van der Waals surface area contributed by atoms with Gasteiger partial charge in [-0.15, -0.1) is 11.3 Å². The van der Waals surface area contributed by atoms with Gasteiger partial charge < -0.3 is 9.73 Å². The number of aromatic nitrogens is 2. The van der Waals surface area contributed by atoms with E-state index in [1.165, 1.54) is 0 Å². The molecule has 24 heavy (non-hydrogen) atoms. The van der Waals surface area contributed by atoms with Gasteiger partial charge in [0.25, 0.3) is 0 Å². The standard InChI is InChI=1S/C17H19N3O3S/c1-10(2)7-15(21)18-6-5-16-19-13(9-24-16)11-3-4-12-14(8-11)23-17(22)20-12/h3-4,8-10H,5-7H2,1-2H3,(H,18,21)(H,20,22). The number of hydrogen-bond donors (Lipinski definition) is 2. The van der Waals surface area contributed by atoms with Crippen LogP contribution < -0.4 is 11.1 Å². The fourth-order valence-corrected chi connectivity index (χ4v) is 3.22. The van der Waals surface area contributed by atoms with Gasteiger partial charge in [-0.2, -0.15) is 0 Å². The van der Waals surface area contributed by atoms with Gasteiger partial charge in [0.2, 0.25) is 5.91 Å². The molecular weight excluding hydrogens is 326 g/mol. The summed E-state index contributed by atoms with van der Waals surface area (Å²) in [6.45, 7) is 4.64. The third kappa shape index (κ3) is 3.91. The number of carbonyl (C=O) groups excluding carboxylic acids is 1. The van der Waals surface area contributed by atoms with E-state index in [0.29, 0.717) is 36.4 Å². The van der Waals surface area contributed by atoms with E-state index >= 15 is 0 Å². The molecule has 0 fully saturated rings. The molecule has 0 radical (unpaired) electrons. The van der Waals surface area contributed by atoms with Crippen LogP contribution in [0.4, 0.5) is 0 Å². The van der Waals surface area contributed by atoms with Gasteiger partial charge in [-0.3, -0.25) is 9.78 Å². The molecule has 1 amide bonds. The number of benzene rings is 1. The van der Waals surface area contributed by atoms with Crippen molar-refractivity contribution in [2.75, 3.05) is 6.54 Å². The van der Waals surface area contributed by atoms with Gasteiger partial charge in [-0.25, -0.2) is 9.78 Å². The SMILES string of the molecule is CC(C)CC(=O)NCCc1nc(-c2ccc3[nH]c(=O)oc3c2)cs1. The van der Waals surface area contributed by atoms with E-state index in [2.05, 4.69) is 15.3 Å². The van der Waals surface area contributed by atoms with Crippen LogP contribution in [-0.4, -0.2) is 22.4 Å². The summed E-state index contributed by atoms with van der Waals surface area (Å²) in [5.41, 5.74) is 2.94. The van der Waals surface area contributed by atoms with Crippen LogP contribution in [0.15, 0.2) is 32.8 Å². The molecule has 2 aromatic heterocycles. The van der Waals surface area contributed by atoms with E-state index in [1.807, 2.05) is 25.3 Å². The van der Waals surface area contributed by atoms with Gasteiger partial charge in [-0.1, -0.05) is 19.9 Å². The molecule has 0 saturated carbocycles. The van der Waals surface area contributed by atoms with E-state index in [1.54, 1.807) is 23.5 Å². The first-order valence-electron chi connectivity index (χ1n) is 7.85. The number of nitrogens with zero attached hydrogens (tertiary/aromatic N) is 1. The molecule has 3 rings (SSSR count).